The van der Waals surface area contributed by atoms with Crippen LogP contribution in [0.5, 0.6) is 11.5 Å². The van der Waals surface area contributed by atoms with Gasteiger partial charge in [-0.05, 0) is 35.4 Å². The number of benzene rings is 2. The Kier molecular flexibility index (Phi) is 7.86. The molecule has 1 N–H and O–H groups in total. The lowest BCUT2D eigenvalue weighted by molar-refractivity contribution is -0.126. The molecule has 2 aromatic rings. The van der Waals surface area contributed by atoms with Crippen LogP contribution in [0, 0.1) is 23.7 Å². The van der Waals surface area contributed by atoms with Crippen LogP contribution in [0.2, 0.25) is 0 Å². The second kappa shape index (κ2) is 10.3. The third-order valence-electron chi connectivity index (χ3n) is 3.86. The number of hydrogen-bond acceptors (Lipinski definition) is 4. The molecule has 2 atom stereocenters. The highest BCUT2D eigenvalue weighted by molar-refractivity contribution is 9.10. The molecule has 7 heteroatoms. The molecule has 5 nitrogen and oxygen atoms in total. The van der Waals surface area contributed by atoms with Gasteiger partial charge < -0.3 is 14.8 Å². The predicted octanol–water partition coefficient (Wildman–Crippen LogP) is 3.73. The van der Waals surface area contributed by atoms with Gasteiger partial charge in [-0.2, -0.15) is 5.26 Å². The summed E-state index contributed by atoms with van der Waals surface area (Å²) in [7, 11) is 1.46. The number of hydrogen-bond donors (Lipinski definition) is 1. The maximum atomic E-state index is 14.5. The molecule has 0 aliphatic rings. The third kappa shape index (κ3) is 5.73. The summed E-state index contributed by atoms with van der Waals surface area (Å²) in [6, 6.07) is 12.7. The zero-order chi connectivity index (χ0) is 20.5. The monoisotopic (exact) mass is 444 g/mol. The van der Waals surface area contributed by atoms with Gasteiger partial charge in [-0.25, -0.2) is 4.39 Å². The van der Waals surface area contributed by atoms with Crippen LogP contribution in [0.1, 0.15) is 17.2 Å². The van der Waals surface area contributed by atoms with Gasteiger partial charge in [0.05, 0.1) is 13.2 Å². The van der Waals surface area contributed by atoms with Gasteiger partial charge in [0.2, 0.25) is 0 Å². The van der Waals surface area contributed by atoms with E-state index < -0.39 is 18.1 Å². The van der Waals surface area contributed by atoms with Crippen LogP contribution in [0.4, 0.5) is 4.39 Å². The highest BCUT2D eigenvalue weighted by Gasteiger charge is 2.22. The molecule has 0 fully saturated rings. The highest BCUT2D eigenvalue weighted by Crippen LogP contribution is 2.28. The third-order valence-corrected chi connectivity index (χ3v) is 4.39. The maximum absolute atomic E-state index is 14.5. The van der Waals surface area contributed by atoms with Crippen molar-refractivity contribution in [2.45, 2.75) is 18.6 Å². The molecular formula is C21H18BrFN2O3. The number of alkyl halides is 1. The normalized spacial score (nSPS) is 12.2. The van der Waals surface area contributed by atoms with E-state index in [0.717, 1.165) is 4.47 Å². The topological polar surface area (TPSA) is 71.3 Å². The smallest absolute Gasteiger partial charge is 0.256 e. The molecule has 2 unspecified atom stereocenters. The number of nitrogens with one attached hydrogen (secondary N) is 1. The van der Waals surface area contributed by atoms with E-state index >= 15 is 0 Å². The van der Waals surface area contributed by atoms with Crippen molar-refractivity contribution >= 4 is 21.8 Å². The van der Waals surface area contributed by atoms with Crippen molar-refractivity contribution in [2.75, 3.05) is 13.7 Å². The predicted molar refractivity (Wildman–Crippen MR) is 107 cm³/mol. The van der Waals surface area contributed by atoms with Crippen LogP contribution in [0.15, 0.2) is 46.9 Å². The molecule has 0 saturated carbocycles. The molecule has 0 aromatic heterocycles. The van der Waals surface area contributed by atoms with Crippen molar-refractivity contribution in [3.8, 4) is 29.9 Å². The van der Waals surface area contributed by atoms with E-state index in [-0.39, 0.29) is 13.0 Å². The Balaban J connectivity index is 2.04. The summed E-state index contributed by atoms with van der Waals surface area (Å²) < 4.78 is 25.9. The lowest BCUT2D eigenvalue weighted by Gasteiger charge is -2.15. The molecule has 0 spiro atoms. The van der Waals surface area contributed by atoms with Crippen LogP contribution >= 0.6 is 15.9 Å². The Labute approximate surface area is 171 Å². The van der Waals surface area contributed by atoms with Crippen molar-refractivity contribution < 1.29 is 18.7 Å². The molecule has 1 amide bonds. The standard InChI is InChI=1S/C21H18BrFN2O3/c1-3-10-28-19-9-4-14(12-20(19)27-2)11-17(23)21(26)25-18(13-24)15-5-7-16(22)8-6-15/h1,4-9,12,17-18H,10-11H2,2H3,(H,25,26). The number of amides is 1. The lowest BCUT2D eigenvalue weighted by Crippen LogP contribution is -2.35. The fourth-order valence-corrected chi connectivity index (χ4v) is 2.72. The first-order chi connectivity index (χ1) is 13.5. The number of nitriles is 1. The largest absolute Gasteiger partial charge is 0.493 e. The van der Waals surface area contributed by atoms with E-state index in [1.54, 1.807) is 42.5 Å². The summed E-state index contributed by atoms with van der Waals surface area (Å²) in [5.74, 6) is 2.32. The fourth-order valence-electron chi connectivity index (χ4n) is 2.46. The van der Waals surface area contributed by atoms with Crippen molar-refractivity contribution in [3.63, 3.8) is 0 Å². The van der Waals surface area contributed by atoms with Crippen molar-refractivity contribution in [3.05, 3.63) is 58.1 Å². The fraction of sp³-hybridized carbons (Fsp3) is 0.238. The SMILES string of the molecule is C#CCOc1ccc(CC(F)C(=O)NC(C#N)c2ccc(Br)cc2)cc1OC. The number of carbonyl (C=O) groups is 1. The summed E-state index contributed by atoms with van der Waals surface area (Å²) in [5, 5.41) is 11.7. The Morgan fingerprint density at radius 2 is 2.00 bits per heavy atom. The minimum absolute atomic E-state index is 0.0788. The minimum Gasteiger partial charge on any atom is -0.493 e. The first kappa shape index (κ1) is 21.3. The Morgan fingerprint density at radius 3 is 2.61 bits per heavy atom. The molecule has 0 saturated heterocycles. The molecule has 0 aliphatic heterocycles. The molecule has 0 heterocycles. The number of carbonyl (C=O) groups excluding carboxylic acids is 1. The van der Waals surface area contributed by atoms with E-state index in [1.165, 1.54) is 7.11 Å². The van der Waals surface area contributed by atoms with Crippen molar-refractivity contribution in [1.82, 2.24) is 5.32 Å². The number of halogens is 2. The van der Waals surface area contributed by atoms with Gasteiger partial charge >= 0.3 is 0 Å². The summed E-state index contributed by atoms with van der Waals surface area (Å²) in [6.45, 7) is 0.0788. The molecule has 28 heavy (non-hydrogen) atoms. The number of rotatable bonds is 8. The average molecular weight is 445 g/mol. The highest BCUT2D eigenvalue weighted by atomic mass is 79.9. The summed E-state index contributed by atoms with van der Waals surface area (Å²) in [5.41, 5.74) is 1.12. The summed E-state index contributed by atoms with van der Waals surface area (Å²) >= 11 is 3.30. The molecule has 0 bridgehead atoms. The molecular weight excluding hydrogens is 427 g/mol. The van der Waals surface area contributed by atoms with Crippen LogP contribution in [0.3, 0.4) is 0 Å². The van der Waals surface area contributed by atoms with Crippen molar-refractivity contribution in [2.24, 2.45) is 0 Å². The van der Waals surface area contributed by atoms with E-state index in [9.17, 15) is 14.4 Å². The van der Waals surface area contributed by atoms with Gasteiger partial charge in [-0.1, -0.05) is 40.0 Å². The first-order valence-electron chi connectivity index (χ1n) is 8.31. The number of ether oxygens (including phenoxy) is 2. The zero-order valence-corrected chi connectivity index (χ0v) is 16.7. The molecule has 2 aromatic carbocycles. The van der Waals surface area contributed by atoms with E-state index in [4.69, 9.17) is 15.9 Å². The van der Waals surface area contributed by atoms with Gasteiger partial charge in [0, 0.05) is 10.9 Å². The van der Waals surface area contributed by atoms with Crippen LogP contribution in [-0.4, -0.2) is 25.8 Å². The minimum atomic E-state index is -1.83. The van der Waals surface area contributed by atoms with Gasteiger partial charge in [-0.3, -0.25) is 4.79 Å². The Hall–Kier alpha value is -3.03. The van der Waals surface area contributed by atoms with Crippen LogP contribution in [0.25, 0.3) is 0 Å². The quantitative estimate of drug-likeness (QED) is 0.629. The number of terminal acetylenes is 1. The Bertz CT molecular complexity index is 903. The summed E-state index contributed by atoms with van der Waals surface area (Å²) in [4.78, 5) is 12.2. The summed E-state index contributed by atoms with van der Waals surface area (Å²) in [6.07, 6.45) is 3.17. The zero-order valence-electron chi connectivity index (χ0n) is 15.1. The van der Waals surface area contributed by atoms with Crippen LogP contribution < -0.4 is 14.8 Å². The van der Waals surface area contributed by atoms with Gasteiger partial charge in [0.25, 0.3) is 5.91 Å². The van der Waals surface area contributed by atoms with E-state index in [0.29, 0.717) is 22.6 Å². The average Bonchev–Trinajstić information content (AvgIpc) is 2.71. The molecule has 0 aliphatic carbocycles. The van der Waals surface area contributed by atoms with Gasteiger partial charge in [0.15, 0.2) is 17.7 Å². The van der Waals surface area contributed by atoms with Crippen LogP contribution in [-0.2, 0) is 11.2 Å². The lowest BCUT2D eigenvalue weighted by atomic mass is 10.1. The van der Waals surface area contributed by atoms with E-state index in [2.05, 4.69) is 27.2 Å². The van der Waals surface area contributed by atoms with E-state index in [1.807, 2.05) is 6.07 Å². The van der Waals surface area contributed by atoms with Gasteiger partial charge in [-0.15, -0.1) is 6.42 Å². The van der Waals surface area contributed by atoms with Crippen molar-refractivity contribution in [1.29, 1.82) is 5.26 Å². The maximum Gasteiger partial charge on any atom is 0.256 e. The number of methoxy groups -OCH3 is 1. The second-order valence-electron chi connectivity index (χ2n) is 5.77. The number of nitrogens with zero attached hydrogens (tertiary/aromatic N) is 1. The molecule has 144 valence electrons. The first-order valence-corrected chi connectivity index (χ1v) is 9.10. The van der Waals surface area contributed by atoms with Gasteiger partial charge in [0.1, 0.15) is 12.6 Å². The molecule has 2 rings (SSSR count). The molecule has 0 radical (unpaired) electrons. The second-order valence-corrected chi connectivity index (χ2v) is 6.69. The Morgan fingerprint density at radius 1 is 1.29 bits per heavy atom.